The monoisotopic (exact) mass is 409 g/mol. The topological polar surface area (TPSA) is 67.3 Å². The molecule has 1 N–H and O–H groups in total. The first-order chi connectivity index (χ1) is 11.7. The van der Waals surface area contributed by atoms with Crippen LogP contribution in [0.2, 0.25) is 0 Å². The van der Waals surface area contributed by atoms with Crippen LogP contribution >= 0.6 is 15.9 Å². The number of H-pyrrole nitrogens is 1. The Morgan fingerprint density at radius 2 is 1.92 bits per heavy atom. The van der Waals surface area contributed by atoms with E-state index in [0.717, 1.165) is 33.9 Å². The minimum atomic E-state index is -0.493. The van der Waals surface area contributed by atoms with Crippen molar-refractivity contribution in [2.75, 3.05) is 13.1 Å². The molecule has 1 aliphatic heterocycles. The molecule has 0 bridgehead atoms. The summed E-state index contributed by atoms with van der Waals surface area (Å²) < 4.78 is 8.25. The molecule has 1 aromatic carbocycles. The second-order valence-electron chi connectivity index (χ2n) is 7.62. The molecule has 3 rings (SSSR count). The number of halogens is 1. The Labute approximate surface area is 155 Å². The van der Waals surface area contributed by atoms with Crippen LogP contribution in [-0.4, -0.2) is 39.2 Å². The highest BCUT2D eigenvalue weighted by molar-refractivity contribution is 9.10. The second-order valence-corrected chi connectivity index (χ2v) is 8.47. The minimum Gasteiger partial charge on any atom is -0.444 e. The second kappa shape index (κ2) is 6.52. The van der Waals surface area contributed by atoms with Gasteiger partial charge in [-0.15, -0.1) is 0 Å². The normalized spacial score (nSPS) is 16.4. The van der Waals surface area contributed by atoms with Crippen LogP contribution in [0.1, 0.15) is 45.2 Å². The summed E-state index contributed by atoms with van der Waals surface area (Å²) in [4.78, 5) is 29.3. The molecule has 2 heterocycles. The molecule has 0 unspecified atom stereocenters. The summed E-state index contributed by atoms with van der Waals surface area (Å²) in [6.45, 7) is 8.79. The number of rotatable bonds is 1. The number of benzene rings is 1. The van der Waals surface area contributed by atoms with Crippen molar-refractivity contribution in [1.82, 2.24) is 14.5 Å². The highest BCUT2D eigenvalue weighted by Crippen LogP contribution is 2.28. The van der Waals surface area contributed by atoms with Crippen molar-refractivity contribution in [3.63, 3.8) is 0 Å². The number of fused-ring (bicyclic) bond motifs is 1. The quantitative estimate of drug-likeness (QED) is 0.774. The Morgan fingerprint density at radius 3 is 2.52 bits per heavy atom. The van der Waals surface area contributed by atoms with Crippen molar-refractivity contribution >= 4 is 33.1 Å². The number of imidazole rings is 1. The first kappa shape index (κ1) is 18.0. The van der Waals surface area contributed by atoms with E-state index in [1.165, 1.54) is 0 Å². The molecule has 7 heteroatoms. The minimum absolute atomic E-state index is 0.0838. The van der Waals surface area contributed by atoms with Crippen LogP contribution in [0.5, 0.6) is 0 Å². The van der Waals surface area contributed by atoms with E-state index < -0.39 is 5.60 Å². The number of hydrogen-bond donors (Lipinski definition) is 1. The summed E-state index contributed by atoms with van der Waals surface area (Å²) in [5.74, 6) is 0. The standard InChI is InChI=1S/C18H24BrN3O3/c1-11-9-15-14(10-13(11)19)20-16(23)22(15)12-5-7-21(8-6-12)17(24)25-18(2,3)4/h9-10,12H,5-8H2,1-4H3,(H,20,23). The lowest BCUT2D eigenvalue weighted by atomic mass is 10.0. The molecule has 1 saturated heterocycles. The molecule has 1 amide bonds. The molecule has 6 nitrogen and oxygen atoms in total. The zero-order valence-electron chi connectivity index (χ0n) is 15.1. The number of hydrogen-bond acceptors (Lipinski definition) is 3. The van der Waals surface area contributed by atoms with Crippen molar-refractivity contribution < 1.29 is 9.53 Å². The average Bonchev–Trinajstić information content (AvgIpc) is 2.81. The number of ether oxygens (including phenoxy) is 1. The Hall–Kier alpha value is -1.76. The molecular formula is C18H24BrN3O3. The molecule has 0 spiro atoms. The van der Waals surface area contributed by atoms with Gasteiger partial charge in [0.05, 0.1) is 11.0 Å². The maximum atomic E-state index is 12.5. The maximum absolute atomic E-state index is 12.5. The number of nitrogens with one attached hydrogen (secondary N) is 1. The maximum Gasteiger partial charge on any atom is 0.410 e. The van der Waals surface area contributed by atoms with Crippen molar-refractivity contribution in [2.24, 2.45) is 0 Å². The molecule has 0 aliphatic carbocycles. The molecule has 0 saturated carbocycles. The summed E-state index contributed by atoms with van der Waals surface area (Å²) in [6.07, 6.45) is 1.19. The van der Waals surface area contributed by atoms with Gasteiger partial charge in [-0.25, -0.2) is 9.59 Å². The number of likely N-dealkylation sites (tertiary alicyclic amines) is 1. The van der Waals surface area contributed by atoms with Crippen LogP contribution in [0, 0.1) is 6.92 Å². The van der Waals surface area contributed by atoms with Gasteiger partial charge in [0.1, 0.15) is 5.60 Å². The number of aromatic amines is 1. The summed E-state index contributed by atoms with van der Waals surface area (Å²) >= 11 is 3.50. The van der Waals surface area contributed by atoms with Gasteiger partial charge in [0.25, 0.3) is 0 Å². The number of aromatic nitrogens is 2. The zero-order valence-corrected chi connectivity index (χ0v) is 16.6. The van der Waals surface area contributed by atoms with Crippen LogP contribution in [0.25, 0.3) is 11.0 Å². The smallest absolute Gasteiger partial charge is 0.410 e. The molecule has 1 fully saturated rings. The van der Waals surface area contributed by atoms with Crippen LogP contribution < -0.4 is 5.69 Å². The van der Waals surface area contributed by atoms with Crippen molar-refractivity contribution in [1.29, 1.82) is 0 Å². The van der Waals surface area contributed by atoms with Gasteiger partial charge >= 0.3 is 11.8 Å². The summed E-state index contributed by atoms with van der Waals surface area (Å²) in [5, 5.41) is 0. The third-order valence-corrected chi connectivity index (χ3v) is 5.33. The fraction of sp³-hybridized carbons (Fsp3) is 0.556. The third-order valence-electron chi connectivity index (χ3n) is 4.48. The Balaban J connectivity index is 1.79. The highest BCUT2D eigenvalue weighted by atomic mass is 79.9. The first-order valence-electron chi connectivity index (χ1n) is 8.54. The number of aryl methyl sites for hydroxylation is 1. The lowest BCUT2D eigenvalue weighted by Crippen LogP contribution is -2.43. The van der Waals surface area contributed by atoms with Crippen LogP contribution in [0.15, 0.2) is 21.4 Å². The number of nitrogens with zero attached hydrogens (tertiary/aromatic N) is 2. The van der Waals surface area contributed by atoms with Gasteiger partial charge in [-0.3, -0.25) is 4.57 Å². The SMILES string of the molecule is Cc1cc2c(cc1Br)[nH]c(=O)n2C1CCN(C(=O)OC(C)(C)C)CC1. The summed E-state index contributed by atoms with van der Waals surface area (Å²) in [5.41, 5.74) is 2.25. The fourth-order valence-electron chi connectivity index (χ4n) is 3.25. The largest absolute Gasteiger partial charge is 0.444 e. The van der Waals surface area contributed by atoms with Gasteiger partial charge in [-0.05, 0) is 58.2 Å². The van der Waals surface area contributed by atoms with Crippen LogP contribution in [0.3, 0.4) is 0 Å². The number of carbonyl (C=O) groups is 1. The number of carbonyl (C=O) groups excluding carboxylic acids is 1. The fourth-order valence-corrected chi connectivity index (χ4v) is 3.59. The van der Waals surface area contributed by atoms with Gasteiger partial charge in [0, 0.05) is 23.6 Å². The molecule has 0 radical (unpaired) electrons. The van der Waals surface area contributed by atoms with E-state index in [1.54, 1.807) is 4.90 Å². The van der Waals surface area contributed by atoms with E-state index in [4.69, 9.17) is 4.74 Å². The number of amides is 1. The van der Waals surface area contributed by atoms with Crippen LogP contribution in [-0.2, 0) is 4.74 Å². The Kier molecular flexibility index (Phi) is 4.70. The van der Waals surface area contributed by atoms with Gasteiger partial charge in [0.2, 0.25) is 0 Å². The van der Waals surface area contributed by atoms with Gasteiger partial charge < -0.3 is 14.6 Å². The zero-order chi connectivity index (χ0) is 18.4. The van der Waals surface area contributed by atoms with Crippen molar-refractivity contribution in [3.8, 4) is 0 Å². The molecule has 0 atom stereocenters. The predicted octanol–water partition coefficient (Wildman–Crippen LogP) is 3.97. The Morgan fingerprint density at radius 1 is 1.28 bits per heavy atom. The van der Waals surface area contributed by atoms with Gasteiger partial charge in [-0.1, -0.05) is 15.9 Å². The Bertz CT molecular complexity index is 855. The third kappa shape index (κ3) is 3.76. The van der Waals surface area contributed by atoms with E-state index in [9.17, 15) is 9.59 Å². The van der Waals surface area contributed by atoms with E-state index in [-0.39, 0.29) is 17.8 Å². The van der Waals surface area contributed by atoms with Gasteiger partial charge in [0.15, 0.2) is 0 Å². The molecular weight excluding hydrogens is 386 g/mol. The summed E-state index contributed by atoms with van der Waals surface area (Å²) in [6, 6.07) is 4.05. The van der Waals surface area contributed by atoms with Gasteiger partial charge in [-0.2, -0.15) is 0 Å². The average molecular weight is 410 g/mol. The van der Waals surface area contributed by atoms with E-state index in [2.05, 4.69) is 20.9 Å². The first-order valence-corrected chi connectivity index (χ1v) is 9.33. The molecule has 25 heavy (non-hydrogen) atoms. The molecule has 2 aromatic rings. The highest BCUT2D eigenvalue weighted by Gasteiger charge is 2.29. The van der Waals surface area contributed by atoms with Crippen molar-refractivity contribution in [2.45, 2.75) is 52.2 Å². The lowest BCUT2D eigenvalue weighted by Gasteiger charge is -2.33. The lowest BCUT2D eigenvalue weighted by molar-refractivity contribution is 0.0189. The van der Waals surface area contributed by atoms with E-state index >= 15 is 0 Å². The molecule has 136 valence electrons. The predicted molar refractivity (Wildman–Crippen MR) is 101 cm³/mol. The van der Waals surface area contributed by atoms with Crippen molar-refractivity contribution in [3.05, 3.63) is 32.7 Å². The van der Waals surface area contributed by atoms with E-state index in [1.807, 2.05) is 44.4 Å². The number of piperidine rings is 1. The summed E-state index contributed by atoms with van der Waals surface area (Å²) in [7, 11) is 0. The molecule has 1 aromatic heterocycles. The van der Waals surface area contributed by atoms with E-state index in [0.29, 0.717) is 13.1 Å². The molecule has 1 aliphatic rings. The van der Waals surface area contributed by atoms with Crippen LogP contribution in [0.4, 0.5) is 4.79 Å².